The molecule has 3 rings (SSSR count). The van der Waals surface area contributed by atoms with Crippen molar-refractivity contribution >= 4 is 23.3 Å². The summed E-state index contributed by atoms with van der Waals surface area (Å²) in [4.78, 5) is 24.2. The fraction of sp³-hybridized carbons (Fsp3) is 0.529. The fourth-order valence-corrected chi connectivity index (χ4v) is 4.30. The Labute approximate surface area is 144 Å². The first-order valence-corrected chi connectivity index (χ1v) is 9.44. The topological polar surface area (TPSA) is 87.7 Å². The Bertz CT molecular complexity index is 655. The van der Waals surface area contributed by atoms with Gasteiger partial charge in [-0.1, -0.05) is 24.3 Å². The zero-order chi connectivity index (χ0) is 17.5. The Morgan fingerprint density at radius 2 is 1.88 bits per heavy atom. The Hall–Kier alpha value is -1.57. The average Bonchev–Trinajstić information content (AvgIpc) is 2.43. The van der Waals surface area contributed by atoms with Gasteiger partial charge in [-0.2, -0.15) is 0 Å². The summed E-state index contributed by atoms with van der Waals surface area (Å²) in [5.41, 5.74) is 1.77. The summed E-state index contributed by atoms with van der Waals surface area (Å²) in [7, 11) is 0. The molecule has 0 aromatic heterocycles. The van der Waals surface area contributed by atoms with Crippen LogP contribution in [0.2, 0.25) is 0 Å². The van der Waals surface area contributed by atoms with Crippen LogP contribution in [0.3, 0.4) is 0 Å². The summed E-state index contributed by atoms with van der Waals surface area (Å²) in [5.74, 6) is -3.27. The maximum Gasteiger partial charge on any atom is 0.323 e. The van der Waals surface area contributed by atoms with E-state index in [1.807, 2.05) is 24.3 Å². The van der Waals surface area contributed by atoms with Gasteiger partial charge in [-0.3, -0.25) is 9.59 Å². The molecule has 0 amide bonds. The largest absolute Gasteiger partial charge is 0.598 e. The van der Waals surface area contributed by atoms with Crippen LogP contribution in [0.25, 0.3) is 0 Å². The van der Waals surface area contributed by atoms with Crippen molar-refractivity contribution in [3.8, 4) is 0 Å². The lowest BCUT2D eigenvalue weighted by Gasteiger charge is -2.44. The number of cyclic esters (lactones) is 2. The molecule has 1 fully saturated rings. The van der Waals surface area contributed by atoms with Crippen molar-refractivity contribution in [2.45, 2.75) is 44.4 Å². The van der Waals surface area contributed by atoms with E-state index in [1.54, 1.807) is 6.26 Å². The first-order valence-electron chi connectivity index (χ1n) is 7.88. The van der Waals surface area contributed by atoms with Gasteiger partial charge in [0, 0.05) is 25.2 Å². The highest BCUT2D eigenvalue weighted by Gasteiger charge is 2.48. The van der Waals surface area contributed by atoms with E-state index >= 15 is 0 Å². The van der Waals surface area contributed by atoms with Crippen LogP contribution in [0.15, 0.2) is 24.3 Å². The van der Waals surface area contributed by atoms with Crippen LogP contribution in [-0.4, -0.2) is 28.5 Å². The molecule has 1 N–H and O–H groups in total. The van der Waals surface area contributed by atoms with Crippen LogP contribution in [0.5, 0.6) is 0 Å². The van der Waals surface area contributed by atoms with Crippen molar-refractivity contribution in [3.05, 3.63) is 35.4 Å². The Balaban J connectivity index is 1.74. The van der Waals surface area contributed by atoms with Crippen molar-refractivity contribution in [2.75, 3.05) is 6.26 Å². The Morgan fingerprint density at radius 1 is 1.25 bits per heavy atom. The molecule has 1 aromatic rings. The molecule has 130 valence electrons. The van der Waals surface area contributed by atoms with Gasteiger partial charge in [-0.05, 0) is 30.4 Å². The van der Waals surface area contributed by atoms with Crippen molar-refractivity contribution in [2.24, 2.45) is 5.92 Å². The molecule has 1 aromatic carbocycles. The van der Waals surface area contributed by atoms with Gasteiger partial charge < -0.3 is 14.0 Å². The lowest BCUT2D eigenvalue weighted by Crippen LogP contribution is -2.54. The highest BCUT2D eigenvalue weighted by molar-refractivity contribution is 7.88. The maximum atomic E-state index is 12.1. The number of nitrogens with one attached hydrogen (secondary N) is 1. The monoisotopic (exact) mass is 351 g/mol. The third kappa shape index (κ3) is 3.16. The quantitative estimate of drug-likeness (QED) is 0.492. The van der Waals surface area contributed by atoms with E-state index in [0.717, 1.165) is 5.56 Å². The predicted octanol–water partition coefficient (Wildman–Crippen LogP) is 1.55. The number of benzene rings is 1. The fourth-order valence-electron chi connectivity index (χ4n) is 3.47. The maximum absolute atomic E-state index is 12.1. The van der Waals surface area contributed by atoms with E-state index in [9.17, 15) is 14.1 Å². The molecule has 1 heterocycles. The van der Waals surface area contributed by atoms with E-state index in [4.69, 9.17) is 9.47 Å². The van der Waals surface area contributed by atoms with Crippen molar-refractivity contribution in [1.29, 1.82) is 0 Å². The lowest BCUT2D eigenvalue weighted by molar-refractivity contribution is -0.240. The summed E-state index contributed by atoms with van der Waals surface area (Å²) in [6.07, 6.45) is 3.07. The summed E-state index contributed by atoms with van der Waals surface area (Å²) < 4.78 is 25.2. The third-order valence-electron chi connectivity index (χ3n) is 4.49. The van der Waals surface area contributed by atoms with Crippen molar-refractivity contribution < 1.29 is 23.6 Å². The van der Waals surface area contributed by atoms with Crippen molar-refractivity contribution in [3.63, 3.8) is 0 Å². The average molecular weight is 351 g/mol. The summed E-state index contributed by atoms with van der Waals surface area (Å²) in [5, 5.41) is 0. The zero-order valence-corrected chi connectivity index (χ0v) is 14.8. The number of carbonyl (C=O) groups excluding carboxylic acids is 2. The number of carbonyl (C=O) groups is 2. The molecule has 7 heteroatoms. The highest BCUT2D eigenvalue weighted by Crippen LogP contribution is 2.44. The standard InChI is InChI=1S/C17H21NO5S/c1-16(2)22-14(19)12(15(20)23-16)8-9-17(18-24(3)21)10-11-6-4-5-7-13(11)17/h4-7,12,18H,8-10H2,1-3H3/t17-,24?/m1/s1. The second-order valence-corrected chi connectivity index (χ2v) is 7.92. The summed E-state index contributed by atoms with van der Waals surface area (Å²) in [6.45, 7) is 3.06. The molecule has 1 unspecified atom stereocenters. The molecule has 6 nitrogen and oxygen atoms in total. The molecule has 0 saturated carbocycles. The predicted molar refractivity (Wildman–Crippen MR) is 88.0 cm³/mol. The molecule has 24 heavy (non-hydrogen) atoms. The van der Waals surface area contributed by atoms with Gasteiger partial charge in [0.25, 0.3) is 5.79 Å². The number of esters is 2. The van der Waals surface area contributed by atoms with Gasteiger partial charge in [0.15, 0.2) is 5.92 Å². The minimum Gasteiger partial charge on any atom is -0.598 e. The lowest BCUT2D eigenvalue weighted by atomic mass is 9.68. The van der Waals surface area contributed by atoms with E-state index in [2.05, 4.69) is 4.72 Å². The van der Waals surface area contributed by atoms with Crippen molar-refractivity contribution in [1.82, 2.24) is 4.72 Å². The molecule has 1 saturated heterocycles. The summed E-state index contributed by atoms with van der Waals surface area (Å²) >= 11 is -1.21. The number of ether oxygens (including phenoxy) is 2. The van der Waals surface area contributed by atoms with Gasteiger partial charge in [0.1, 0.15) is 6.26 Å². The first kappa shape index (κ1) is 17.3. The SMILES string of the molecule is C[S+]([O-])N[C@]1(CCC2C(=O)OC(C)(C)OC2=O)Cc2ccccc21. The van der Waals surface area contributed by atoms with Crippen LogP contribution in [-0.2, 0) is 42.4 Å². The van der Waals surface area contributed by atoms with Crippen LogP contribution in [0, 0.1) is 5.92 Å². The molecular formula is C17H21NO5S. The molecule has 0 spiro atoms. The van der Waals surface area contributed by atoms with Crippen LogP contribution in [0.1, 0.15) is 37.8 Å². The minimum absolute atomic E-state index is 0.284. The first-order chi connectivity index (χ1) is 11.2. The Kier molecular flexibility index (Phi) is 4.36. The normalized spacial score (nSPS) is 26.8. The second kappa shape index (κ2) is 6.06. The third-order valence-corrected chi connectivity index (χ3v) is 5.16. The molecule has 2 aliphatic rings. The summed E-state index contributed by atoms with van der Waals surface area (Å²) in [6, 6.07) is 7.90. The number of fused-ring (bicyclic) bond motifs is 1. The Morgan fingerprint density at radius 3 is 2.46 bits per heavy atom. The van der Waals surface area contributed by atoms with E-state index in [0.29, 0.717) is 12.8 Å². The molecular weight excluding hydrogens is 330 g/mol. The van der Waals surface area contributed by atoms with E-state index in [1.165, 1.54) is 19.4 Å². The smallest absolute Gasteiger partial charge is 0.323 e. The number of rotatable bonds is 5. The molecule has 0 bridgehead atoms. The van der Waals surface area contributed by atoms with Gasteiger partial charge in [0.2, 0.25) is 0 Å². The molecule has 0 radical (unpaired) electrons. The molecule has 1 aliphatic heterocycles. The van der Waals surface area contributed by atoms with Gasteiger partial charge in [-0.15, -0.1) is 4.72 Å². The molecule has 1 aliphatic carbocycles. The van der Waals surface area contributed by atoms with Gasteiger partial charge in [-0.25, -0.2) is 0 Å². The zero-order valence-electron chi connectivity index (χ0n) is 14.0. The minimum atomic E-state index is -1.21. The molecule has 2 atom stereocenters. The van der Waals surface area contributed by atoms with Gasteiger partial charge >= 0.3 is 11.9 Å². The van der Waals surface area contributed by atoms with Crippen LogP contribution < -0.4 is 4.72 Å². The number of hydrogen-bond donors (Lipinski definition) is 1. The highest BCUT2D eigenvalue weighted by atomic mass is 32.2. The van der Waals surface area contributed by atoms with Crippen LogP contribution >= 0.6 is 0 Å². The van der Waals surface area contributed by atoms with E-state index in [-0.39, 0.29) is 6.42 Å². The van der Waals surface area contributed by atoms with E-state index < -0.39 is 40.5 Å². The number of hydrogen-bond acceptors (Lipinski definition) is 6. The van der Waals surface area contributed by atoms with Crippen LogP contribution in [0.4, 0.5) is 0 Å². The van der Waals surface area contributed by atoms with Gasteiger partial charge in [0.05, 0.1) is 5.54 Å². The second-order valence-electron chi connectivity index (χ2n) is 6.81.